The molecule has 0 saturated carbocycles. The molecule has 0 saturated heterocycles. The minimum Gasteiger partial charge on any atom is -0.345 e. The maximum absolute atomic E-state index is 12.4. The van der Waals surface area contributed by atoms with E-state index in [1.807, 2.05) is 12.1 Å². The van der Waals surface area contributed by atoms with E-state index in [1.54, 1.807) is 6.07 Å². The molecule has 0 aromatic heterocycles. The van der Waals surface area contributed by atoms with Crippen molar-refractivity contribution in [3.05, 3.63) is 78.3 Å². The number of carbonyl (C=O) groups excluding carboxylic acids is 1. The van der Waals surface area contributed by atoms with Crippen LogP contribution in [0.5, 0.6) is 0 Å². The van der Waals surface area contributed by atoms with Crippen molar-refractivity contribution in [3.63, 3.8) is 0 Å². The number of carbonyl (C=O) groups is 1. The second-order valence-electron chi connectivity index (χ2n) is 5.66. The average Bonchev–Trinajstić information content (AvgIpc) is 2.96. The Kier molecular flexibility index (Phi) is 4.37. The van der Waals surface area contributed by atoms with E-state index in [9.17, 15) is 25.0 Å². The predicted molar refractivity (Wildman–Crippen MR) is 89.7 cm³/mol. The van der Waals surface area contributed by atoms with Gasteiger partial charge < -0.3 is 5.32 Å². The maximum atomic E-state index is 12.4. The summed E-state index contributed by atoms with van der Waals surface area (Å²) in [5, 5.41) is 25.2. The summed E-state index contributed by atoms with van der Waals surface area (Å²) in [6.07, 6.45) is 1.41. The summed E-state index contributed by atoms with van der Waals surface area (Å²) in [5.74, 6) is -0.598. The van der Waals surface area contributed by atoms with Crippen molar-refractivity contribution in [1.29, 1.82) is 0 Å². The van der Waals surface area contributed by atoms with Crippen LogP contribution in [0.3, 0.4) is 0 Å². The van der Waals surface area contributed by atoms with Gasteiger partial charge in [0, 0.05) is 17.2 Å². The molecule has 1 aliphatic carbocycles. The van der Waals surface area contributed by atoms with Gasteiger partial charge in [0.25, 0.3) is 17.3 Å². The average molecular weight is 362 g/mol. The number of nitro benzene ring substituents is 2. The molecule has 1 N–H and O–H groups in total. The first-order chi connectivity index (χ1) is 11.8. The van der Waals surface area contributed by atoms with Crippen molar-refractivity contribution >= 4 is 28.9 Å². The SMILES string of the molecule is O=C(NC1CCc2cc(Cl)ccc21)c1cc([N+](=O)[O-])cc([N+](=O)[O-])c1. The van der Waals surface area contributed by atoms with Gasteiger partial charge in [0.2, 0.25) is 0 Å². The Morgan fingerprint density at radius 1 is 1.08 bits per heavy atom. The summed E-state index contributed by atoms with van der Waals surface area (Å²) in [6, 6.07) is 8.00. The molecule has 1 aliphatic rings. The number of aryl methyl sites for hydroxylation is 1. The number of rotatable bonds is 4. The quantitative estimate of drug-likeness (QED) is 0.660. The van der Waals surface area contributed by atoms with Crippen LogP contribution in [0.25, 0.3) is 0 Å². The number of nitro groups is 2. The van der Waals surface area contributed by atoms with E-state index in [2.05, 4.69) is 5.32 Å². The van der Waals surface area contributed by atoms with Gasteiger partial charge in [-0.1, -0.05) is 17.7 Å². The number of hydrogen-bond acceptors (Lipinski definition) is 5. The summed E-state index contributed by atoms with van der Waals surface area (Å²) >= 11 is 5.95. The van der Waals surface area contributed by atoms with Crippen LogP contribution in [0.2, 0.25) is 5.02 Å². The van der Waals surface area contributed by atoms with E-state index in [-0.39, 0.29) is 11.6 Å². The highest BCUT2D eigenvalue weighted by Crippen LogP contribution is 2.33. The topological polar surface area (TPSA) is 115 Å². The number of benzene rings is 2. The van der Waals surface area contributed by atoms with Gasteiger partial charge in [-0.15, -0.1) is 0 Å². The molecular weight excluding hydrogens is 350 g/mol. The Bertz CT molecular complexity index is 867. The number of non-ortho nitro benzene ring substituents is 2. The number of nitrogens with zero attached hydrogens (tertiary/aromatic N) is 2. The molecule has 8 nitrogen and oxygen atoms in total. The van der Waals surface area contributed by atoms with Crippen molar-refractivity contribution in [2.24, 2.45) is 0 Å². The summed E-state index contributed by atoms with van der Waals surface area (Å²) < 4.78 is 0. The first-order valence-electron chi connectivity index (χ1n) is 7.38. The first kappa shape index (κ1) is 16.8. The molecule has 3 rings (SSSR count). The van der Waals surface area contributed by atoms with E-state index in [0.717, 1.165) is 35.7 Å². The summed E-state index contributed by atoms with van der Waals surface area (Å²) in [5.41, 5.74) is 0.833. The fourth-order valence-corrected chi connectivity index (χ4v) is 3.11. The van der Waals surface area contributed by atoms with Crippen LogP contribution in [0.1, 0.15) is 33.9 Å². The number of halogens is 1. The second kappa shape index (κ2) is 6.48. The minimum atomic E-state index is -0.767. The highest BCUT2D eigenvalue weighted by Gasteiger charge is 2.26. The fraction of sp³-hybridized carbons (Fsp3) is 0.188. The van der Waals surface area contributed by atoms with Gasteiger partial charge in [-0.05, 0) is 36.1 Å². The Balaban J connectivity index is 1.87. The van der Waals surface area contributed by atoms with E-state index in [4.69, 9.17) is 11.6 Å². The van der Waals surface area contributed by atoms with Crippen LogP contribution in [0.4, 0.5) is 11.4 Å². The monoisotopic (exact) mass is 361 g/mol. The summed E-state index contributed by atoms with van der Waals surface area (Å²) in [4.78, 5) is 32.8. The lowest BCUT2D eigenvalue weighted by Gasteiger charge is -2.14. The van der Waals surface area contributed by atoms with Crippen LogP contribution in [-0.4, -0.2) is 15.8 Å². The second-order valence-corrected chi connectivity index (χ2v) is 6.10. The molecule has 0 radical (unpaired) electrons. The van der Waals surface area contributed by atoms with Crippen LogP contribution in [0, 0.1) is 20.2 Å². The molecule has 0 aliphatic heterocycles. The van der Waals surface area contributed by atoms with Crippen molar-refractivity contribution in [3.8, 4) is 0 Å². The van der Waals surface area contributed by atoms with Crippen molar-refractivity contribution in [1.82, 2.24) is 5.32 Å². The lowest BCUT2D eigenvalue weighted by Crippen LogP contribution is -2.27. The molecule has 0 bridgehead atoms. The number of amides is 1. The van der Waals surface area contributed by atoms with E-state index < -0.39 is 27.1 Å². The van der Waals surface area contributed by atoms with Crippen LogP contribution in [-0.2, 0) is 6.42 Å². The molecule has 128 valence electrons. The Labute approximate surface area is 146 Å². The molecule has 0 fully saturated rings. The highest BCUT2D eigenvalue weighted by molar-refractivity contribution is 6.30. The molecule has 2 aromatic carbocycles. The summed E-state index contributed by atoms with van der Waals surface area (Å²) in [6.45, 7) is 0. The van der Waals surface area contributed by atoms with Gasteiger partial charge in [-0.3, -0.25) is 25.0 Å². The van der Waals surface area contributed by atoms with Crippen LogP contribution in [0.15, 0.2) is 36.4 Å². The third-order valence-electron chi connectivity index (χ3n) is 4.07. The molecule has 1 amide bonds. The van der Waals surface area contributed by atoms with Gasteiger partial charge in [0.05, 0.1) is 27.5 Å². The maximum Gasteiger partial charge on any atom is 0.277 e. The number of hydrogen-bond donors (Lipinski definition) is 1. The van der Waals surface area contributed by atoms with Crippen molar-refractivity contribution < 1.29 is 14.6 Å². The zero-order chi connectivity index (χ0) is 18.1. The molecule has 25 heavy (non-hydrogen) atoms. The summed E-state index contributed by atoms with van der Waals surface area (Å²) in [7, 11) is 0. The van der Waals surface area contributed by atoms with Gasteiger partial charge >= 0.3 is 0 Å². The fourth-order valence-electron chi connectivity index (χ4n) is 2.91. The third-order valence-corrected chi connectivity index (χ3v) is 4.31. The molecule has 9 heteroatoms. The number of fused-ring (bicyclic) bond motifs is 1. The molecule has 0 heterocycles. The smallest absolute Gasteiger partial charge is 0.277 e. The van der Waals surface area contributed by atoms with E-state index in [0.29, 0.717) is 11.4 Å². The zero-order valence-corrected chi connectivity index (χ0v) is 13.5. The lowest BCUT2D eigenvalue weighted by atomic mass is 10.1. The van der Waals surface area contributed by atoms with Crippen LogP contribution < -0.4 is 5.32 Å². The van der Waals surface area contributed by atoms with Crippen molar-refractivity contribution in [2.75, 3.05) is 0 Å². The third kappa shape index (κ3) is 3.43. The van der Waals surface area contributed by atoms with Crippen molar-refractivity contribution in [2.45, 2.75) is 18.9 Å². The molecule has 2 aromatic rings. The minimum absolute atomic E-state index is 0.122. The zero-order valence-electron chi connectivity index (χ0n) is 12.8. The standard InChI is InChI=1S/C16H12ClN3O5/c17-11-2-3-14-9(5-11)1-4-15(14)18-16(21)10-6-12(19(22)23)8-13(7-10)20(24)25/h2-3,5-8,15H,1,4H2,(H,18,21). The lowest BCUT2D eigenvalue weighted by molar-refractivity contribution is -0.394. The Morgan fingerprint density at radius 3 is 2.32 bits per heavy atom. The predicted octanol–water partition coefficient (Wildman–Crippen LogP) is 3.57. The van der Waals surface area contributed by atoms with Gasteiger partial charge in [0.1, 0.15) is 0 Å². The Morgan fingerprint density at radius 2 is 1.72 bits per heavy atom. The molecular formula is C16H12ClN3O5. The van der Waals surface area contributed by atoms with Gasteiger partial charge in [-0.2, -0.15) is 0 Å². The van der Waals surface area contributed by atoms with Gasteiger partial charge in [-0.25, -0.2) is 0 Å². The number of nitrogens with one attached hydrogen (secondary N) is 1. The molecule has 0 spiro atoms. The van der Waals surface area contributed by atoms with E-state index in [1.165, 1.54) is 0 Å². The largest absolute Gasteiger partial charge is 0.345 e. The Hall–Kier alpha value is -3.00. The van der Waals surface area contributed by atoms with E-state index >= 15 is 0 Å². The van der Waals surface area contributed by atoms with Crippen LogP contribution >= 0.6 is 11.6 Å². The van der Waals surface area contributed by atoms with Gasteiger partial charge in [0.15, 0.2) is 0 Å². The molecule has 1 unspecified atom stereocenters. The highest BCUT2D eigenvalue weighted by atomic mass is 35.5. The first-order valence-corrected chi connectivity index (χ1v) is 7.76. The normalized spacial score (nSPS) is 15.5. The molecule has 1 atom stereocenters.